The number of hydrogen-bond donors (Lipinski definition) is 1. The summed E-state index contributed by atoms with van der Waals surface area (Å²) in [6.07, 6.45) is 2.62. The molecule has 33 heavy (non-hydrogen) atoms. The quantitative estimate of drug-likeness (QED) is 0.606. The molecule has 1 saturated heterocycles. The number of carbonyl (C=O) groups excluding carboxylic acids is 1. The lowest BCUT2D eigenvalue weighted by Crippen LogP contribution is -2.43. The number of nitrogens with one attached hydrogen (secondary N) is 1. The molecular formula is C26H41N5O2. The van der Waals surface area contributed by atoms with Gasteiger partial charge in [-0.25, -0.2) is 4.79 Å². The average Bonchev–Trinajstić information content (AvgIpc) is 3.14. The molecule has 182 valence electrons. The van der Waals surface area contributed by atoms with Crippen LogP contribution in [0, 0.1) is 6.92 Å². The number of hydrogen-bond acceptors (Lipinski definition) is 5. The Morgan fingerprint density at radius 3 is 2.33 bits per heavy atom. The fraction of sp³-hybridized carbons (Fsp3) is 0.654. The van der Waals surface area contributed by atoms with E-state index in [1.807, 2.05) is 39.0 Å². The normalized spacial score (nSPS) is 17.7. The highest BCUT2D eigenvalue weighted by Crippen LogP contribution is 2.30. The molecular weight excluding hydrogens is 414 g/mol. The third-order valence-corrected chi connectivity index (χ3v) is 6.37. The molecule has 1 aromatic heterocycles. The van der Waals surface area contributed by atoms with Crippen molar-refractivity contribution in [1.29, 1.82) is 0 Å². The molecule has 0 unspecified atom stereocenters. The monoisotopic (exact) mass is 455 g/mol. The fourth-order valence-electron chi connectivity index (χ4n) is 4.72. The van der Waals surface area contributed by atoms with Gasteiger partial charge in [0.05, 0.1) is 6.04 Å². The minimum atomic E-state index is -0.520. The lowest BCUT2D eigenvalue weighted by atomic mass is 9.96. The van der Waals surface area contributed by atoms with Gasteiger partial charge in [0.1, 0.15) is 17.2 Å². The Labute approximate surface area is 198 Å². The van der Waals surface area contributed by atoms with Crippen molar-refractivity contribution in [3.8, 4) is 0 Å². The van der Waals surface area contributed by atoms with Crippen LogP contribution in [0.1, 0.15) is 96.0 Å². The number of alkyl carbamates (subject to hydrolysis) is 1. The van der Waals surface area contributed by atoms with Crippen LogP contribution in [0.15, 0.2) is 30.3 Å². The lowest BCUT2D eigenvalue weighted by Gasteiger charge is -2.38. The summed E-state index contributed by atoms with van der Waals surface area (Å²) in [5, 5.41) is 11.9. The van der Waals surface area contributed by atoms with Crippen molar-refractivity contribution in [2.24, 2.45) is 0 Å². The molecule has 7 nitrogen and oxygen atoms in total. The highest BCUT2D eigenvalue weighted by atomic mass is 16.6. The number of amides is 1. The van der Waals surface area contributed by atoms with Crippen LogP contribution in [0.5, 0.6) is 0 Å². The predicted molar refractivity (Wildman–Crippen MR) is 131 cm³/mol. The van der Waals surface area contributed by atoms with E-state index in [0.29, 0.717) is 18.0 Å². The van der Waals surface area contributed by atoms with Crippen LogP contribution in [0.3, 0.4) is 0 Å². The Bertz CT molecular complexity index is 895. The first-order valence-electron chi connectivity index (χ1n) is 12.2. The van der Waals surface area contributed by atoms with E-state index in [-0.39, 0.29) is 12.1 Å². The average molecular weight is 456 g/mol. The van der Waals surface area contributed by atoms with Crippen LogP contribution in [0.4, 0.5) is 4.79 Å². The third kappa shape index (κ3) is 6.79. The van der Waals surface area contributed by atoms with Gasteiger partial charge in [-0.2, -0.15) is 0 Å². The minimum absolute atomic E-state index is 0.0959. The second kappa shape index (κ2) is 10.7. The number of aryl methyl sites for hydroxylation is 1. The largest absolute Gasteiger partial charge is 0.444 e. The van der Waals surface area contributed by atoms with Gasteiger partial charge in [-0.1, -0.05) is 44.2 Å². The zero-order valence-electron chi connectivity index (χ0n) is 21.3. The Morgan fingerprint density at radius 2 is 1.76 bits per heavy atom. The Morgan fingerprint density at radius 1 is 1.12 bits per heavy atom. The van der Waals surface area contributed by atoms with E-state index in [1.165, 1.54) is 0 Å². The van der Waals surface area contributed by atoms with E-state index in [4.69, 9.17) is 4.74 Å². The number of likely N-dealkylation sites (tertiary alicyclic amines) is 1. The topological polar surface area (TPSA) is 72.3 Å². The van der Waals surface area contributed by atoms with Crippen LogP contribution in [0.25, 0.3) is 0 Å². The zero-order valence-corrected chi connectivity index (χ0v) is 21.3. The molecule has 0 spiro atoms. The van der Waals surface area contributed by atoms with Gasteiger partial charge in [0, 0.05) is 31.1 Å². The van der Waals surface area contributed by atoms with Crippen molar-refractivity contribution >= 4 is 6.09 Å². The van der Waals surface area contributed by atoms with Gasteiger partial charge in [-0.05, 0) is 59.4 Å². The maximum absolute atomic E-state index is 12.5. The van der Waals surface area contributed by atoms with Crippen LogP contribution in [0.2, 0.25) is 0 Å². The summed E-state index contributed by atoms with van der Waals surface area (Å²) >= 11 is 0. The Hall–Kier alpha value is -2.41. The van der Waals surface area contributed by atoms with Crippen LogP contribution < -0.4 is 5.32 Å². The molecule has 1 aliphatic heterocycles. The molecule has 0 aliphatic carbocycles. The highest BCUT2D eigenvalue weighted by molar-refractivity contribution is 5.68. The highest BCUT2D eigenvalue weighted by Gasteiger charge is 2.29. The lowest BCUT2D eigenvalue weighted by molar-refractivity contribution is 0.0486. The summed E-state index contributed by atoms with van der Waals surface area (Å²) in [4.78, 5) is 15.1. The van der Waals surface area contributed by atoms with Gasteiger partial charge in [0.15, 0.2) is 0 Å². The number of aromatic nitrogens is 3. The van der Waals surface area contributed by atoms with E-state index in [1.54, 1.807) is 0 Å². The van der Waals surface area contributed by atoms with E-state index in [0.717, 1.165) is 49.6 Å². The van der Waals surface area contributed by atoms with Gasteiger partial charge in [-0.15, -0.1) is 10.2 Å². The smallest absolute Gasteiger partial charge is 0.408 e. The predicted octanol–water partition coefficient (Wildman–Crippen LogP) is 5.39. The first-order chi connectivity index (χ1) is 15.5. The van der Waals surface area contributed by atoms with Crippen LogP contribution >= 0.6 is 0 Å². The zero-order chi connectivity index (χ0) is 24.2. The molecule has 1 amide bonds. The van der Waals surface area contributed by atoms with Crippen LogP contribution in [-0.2, 0) is 4.74 Å². The van der Waals surface area contributed by atoms with Crippen molar-refractivity contribution in [2.45, 2.75) is 97.4 Å². The van der Waals surface area contributed by atoms with E-state index < -0.39 is 5.60 Å². The summed E-state index contributed by atoms with van der Waals surface area (Å²) < 4.78 is 7.89. The van der Waals surface area contributed by atoms with E-state index in [9.17, 15) is 4.79 Å². The molecule has 0 saturated carbocycles. The van der Waals surface area contributed by atoms with Gasteiger partial charge < -0.3 is 19.5 Å². The number of piperidine rings is 1. The molecule has 2 atom stereocenters. The molecule has 1 aliphatic rings. The van der Waals surface area contributed by atoms with Crippen molar-refractivity contribution in [3.63, 3.8) is 0 Å². The number of rotatable bonds is 7. The molecule has 1 N–H and O–H groups in total. The Balaban J connectivity index is 1.64. The molecule has 1 fully saturated rings. The molecule has 1 aromatic carbocycles. The van der Waals surface area contributed by atoms with Gasteiger partial charge >= 0.3 is 6.09 Å². The molecule has 0 bridgehead atoms. The Kier molecular flexibility index (Phi) is 8.16. The van der Waals surface area contributed by atoms with Gasteiger partial charge in [0.2, 0.25) is 0 Å². The number of nitrogens with zero attached hydrogens (tertiary/aromatic N) is 4. The minimum Gasteiger partial charge on any atom is -0.444 e. The maximum atomic E-state index is 12.5. The first kappa shape index (κ1) is 25.2. The summed E-state index contributed by atoms with van der Waals surface area (Å²) in [5.41, 5.74) is 0.584. The van der Waals surface area contributed by atoms with Gasteiger partial charge in [-0.3, -0.25) is 0 Å². The van der Waals surface area contributed by atoms with Crippen molar-refractivity contribution in [2.75, 3.05) is 13.1 Å². The standard InChI is InChI=1S/C26H41N5O2/c1-18(2)24-29-28-20(4)31(24)22-13-15-30(16-14-22)19(3)17-23(21-11-9-8-10-12-21)27-25(32)33-26(5,6)7/h8-12,18-19,22-23H,13-17H2,1-7H3,(H,27,32)/t19-,23-/m0/s1. The number of ether oxygens (including phenoxy) is 1. The second-order valence-electron chi connectivity index (χ2n) is 10.6. The molecule has 7 heteroatoms. The molecule has 3 rings (SSSR count). The first-order valence-corrected chi connectivity index (χ1v) is 12.2. The van der Waals surface area contributed by atoms with Crippen molar-refractivity contribution < 1.29 is 9.53 Å². The maximum Gasteiger partial charge on any atom is 0.408 e. The molecule has 0 radical (unpaired) electrons. The summed E-state index contributed by atoms with van der Waals surface area (Å²) in [7, 11) is 0. The fourth-order valence-corrected chi connectivity index (χ4v) is 4.72. The van der Waals surface area contributed by atoms with Crippen LogP contribution in [-0.4, -0.2) is 50.5 Å². The second-order valence-corrected chi connectivity index (χ2v) is 10.6. The summed E-state index contributed by atoms with van der Waals surface area (Å²) in [6.45, 7) is 16.4. The van der Waals surface area contributed by atoms with Gasteiger partial charge in [0.25, 0.3) is 0 Å². The molecule has 2 aromatic rings. The van der Waals surface area contributed by atoms with Crippen molar-refractivity contribution in [3.05, 3.63) is 47.5 Å². The van der Waals surface area contributed by atoms with Crippen molar-refractivity contribution in [1.82, 2.24) is 25.0 Å². The number of benzene rings is 1. The summed E-state index contributed by atoms with van der Waals surface area (Å²) in [5.74, 6) is 2.47. The number of carbonyl (C=O) groups is 1. The summed E-state index contributed by atoms with van der Waals surface area (Å²) in [6, 6.07) is 10.9. The SMILES string of the molecule is Cc1nnc(C(C)C)n1C1CCN([C@@H](C)C[C@H](NC(=O)OC(C)(C)C)c2ccccc2)CC1. The third-order valence-electron chi connectivity index (χ3n) is 6.37. The van der Waals surface area contributed by atoms with E-state index in [2.05, 4.69) is 64.8 Å². The van der Waals surface area contributed by atoms with E-state index >= 15 is 0 Å². The molecule has 2 heterocycles.